The number of benzene rings is 2. The van der Waals surface area contributed by atoms with Crippen LogP contribution in [0.4, 0.5) is 5.69 Å². The van der Waals surface area contributed by atoms with Crippen molar-refractivity contribution in [3.05, 3.63) is 81.0 Å². The fraction of sp³-hybridized carbons (Fsp3) is 0.269. The highest BCUT2D eigenvalue weighted by Gasteiger charge is 2.26. The van der Waals surface area contributed by atoms with E-state index >= 15 is 0 Å². The second-order valence-electron chi connectivity index (χ2n) is 8.50. The molecule has 0 aliphatic heterocycles. The number of fused-ring (bicyclic) bond motifs is 2. The third kappa shape index (κ3) is 4.96. The molecule has 0 spiro atoms. The summed E-state index contributed by atoms with van der Waals surface area (Å²) in [6.45, 7) is 3.32. The number of carbonyl (C=O) groups excluding carboxylic acids is 2. The summed E-state index contributed by atoms with van der Waals surface area (Å²) in [7, 11) is 0. The van der Waals surface area contributed by atoms with Gasteiger partial charge in [0, 0.05) is 23.6 Å². The van der Waals surface area contributed by atoms with Gasteiger partial charge in [-0.1, -0.05) is 18.2 Å². The summed E-state index contributed by atoms with van der Waals surface area (Å²) >= 11 is 0. The van der Waals surface area contributed by atoms with Crippen LogP contribution >= 0.6 is 0 Å². The van der Waals surface area contributed by atoms with Crippen molar-refractivity contribution in [2.24, 2.45) is 0 Å². The Morgan fingerprint density at radius 3 is 2.59 bits per heavy atom. The highest BCUT2D eigenvalue weighted by molar-refractivity contribution is 6.07. The molecule has 0 bridgehead atoms. The van der Waals surface area contributed by atoms with Crippen LogP contribution in [0.2, 0.25) is 0 Å². The Balaban J connectivity index is 1.74. The molecule has 34 heavy (non-hydrogen) atoms. The predicted octanol–water partition coefficient (Wildman–Crippen LogP) is 4.70. The summed E-state index contributed by atoms with van der Waals surface area (Å²) in [6.07, 6.45) is 4.20. The van der Waals surface area contributed by atoms with Crippen molar-refractivity contribution in [3.63, 3.8) is 0 Å². The van der Waals surface area contributed by atoms with E-state index in [2.05, 4.69) is 5.32 Å². The number of esters is 1. The van der Waals surface area contributed by atoms with Crippen LogP contribution in [0.5, 0.6) is 0 Å². The van der Waals surface area contributed by atoms with Gasteiger partial charge in [0.25, 0.3) is 11.6 Å². The van der Waals surface area contributed by atoms with Gasteiger partial charge in [0.1, 0.15) is 0 Å². The maximum Gasteiger partial charge on any atom is 0.339 e. The van der Waals surface area contributed by atoms with E-state index in [0.29, 0.717) is 22.9 Å². The van der Waals surface area contributed by atoms with Crippen LogP contribution in [0.1, 0.15) is 53.9 Å². The lowest BCUT2D eigenvalue weighted by atomic mass is 9.86. The number of pyridine rings is 1. The SMILES string of the molecule is CC(C)NC(=O)COC(=O)c1c2c(nc3ccccc13)/C(=C/c1ccc([N+](=O)[O-])cc1)CCC2. The van der Waals surface area contributed by atoms with Crippen LogP contribution in [-0.2, 0) is 16.0 Å². The first-order valence-electron chi connectivity index (χ1n) is 11.2. The van der Waals surface area contributed by atoms with E-state index in [9.17, 15) is 19.7 Å². The number of amides is 1. The predicted molar refractivity (Wildman–Crippen MR) is 129 cm³/mol. The molecular formula is C26H25N3O5. The van der Waals surface area contributed by atoms with Crippen LogP contribution in [-0.4, -0.2) is 34.4 Å². The van der Waals surface area contributed by atoms with Gasteiger partial charge in [0.15, 0.2) is 6.61 Å². The Bertz CT molecular complexity index is 1300. The molecule has 0 atom stereocenters. The number of nitrogens with one attached hydrogen (secondary N) is 1. The lowest BCUT2D eigenvalue weighted by Gasteiger charge is -2.22. The molecule has 1 heterocycles. The minimum atomic E-state index is -0.551. The molecule has 0 radical (unpaired) electrons. The van der Waals surface area contributed by atoms with Crippen molar-refractivity contribution in [1.82, 2.24) is 10.3 Å². The second-order valence-corrected chi connectivity index (χ2v) is 8.50. The third-order valence-electron chi connectivity index (χ3n) is 5.60. The van der Waals surface area contributed by atoms with Gasteiger partial charge in [0.2, 0.25) is 0 Å². The maximum atomic E-state index is 13.2. The Morgan fingerprint density at radius 1 is 1.15 bits per heavy atom. The summed E-state index contributed by atoms with van der Waals surface area (Å²) in [5.41, 5.74) is 4.42. The number of hydrogen-bond acceptors (Lipinski definition) is 6. The van der Waals surface area contributed by atoms with E-state index in [1.54, 1.807) is 12.1 Å². The maximum absolute atomic E-state index is 13.2. The Kier molecular flexibility index (Phi) is 6.67. The van der Waals surface area contributed by atoms with Gasteiger partial charge in [-0.25, -0.2) is 9.78 Å². The molecule has 0 saturated carbocycles. The largest absolute Gasteiger partial charge is 0.452 e. The highest BCUT2D eigenvalue weighted by atomic mass is 16.6. The lowest BCUT2D eigenvalue weighted by Crippen LogP contribution is -2.34. The second kappa shape index (κ2) is 9.82. The summed E-state index contributed by atoms with van der Waals surface area (Å²) in [5, 5.41) is 14.4. The Morgan fingerprint density at radius 2 is 1.88 bits per heavy atom. The van der Waals surface area contributed by atoms with Gasteiger partial charge in [-0.05, 0) is 74.1 Å². The zero-order valence-corrected chi connectivity index (χ0v) is 19.0. The van der Waals surface area contributed by atoms with E-state index in [0.717, 1.165) is 35.2 Å². The highest BCUT2D eigenvalue weighted by Crippen LogP contribution is 2.36. The van der Waals surface area contributed by atoms with Crippen LogP contribution in [0.3, 0.4) is 0 Å². The number of nitro groups is 1. The minimum Gasteiger partial charge on any atom is -0.452 e. The van der Waals surface area contributed by atoms with Gasteiger partial charge < -0.3 is 10.1 Å². The molecule has 1 N–H and O–H groups in total. The third-order valence-corrected chi connectivity index (χ3v) is 5.60. The average molecular weight is 460 g/mol. The fourth-order valence-corrected chi connectivity index (χ4v) is 4.17. The van der Waals surface area contributed by atoms with E-state index in [1.807, 2.05) is 44.2 Å². The normalized spacial score (nSPS) is 14.1. The van der Waals surface area contributed by atoms with Crippen molar-refractivity contribution in [1.29, 1.82) is 0 Å². The first-order valence-corrected chi connectivity index (χ1v) is 11.2. The molecule has 3 aromatic rings. The number of allylic oxidation sites excluding steroid dienone is 1. The standard InChI is InChI=1S/C26H25N3O5/c1-16(2)27-23(30)15-34-26(31)24-20-7-3-4-9-22(20)28-25-18(6-5-8-21(24)25)14-17-10-12-19(13-11-17)29(32)33/h3-4,7,9-14,16H,5-6,8,15H2,1-2H3,(H,27,30)/b18-14+. The van der Waals surface area contributed by atoms with Crippen LogP contribution < -0.4 is 5.32 Å². The van der Waals surface area contributed by atoms with Crippen molar-refractivity contribution >= 4 is 40.1 Å². The topological polar surface area (TPSA) is 111 Å². The lowest BCUT2D eigenvalue weighted by molar-refractivity contribution is -0.384. The van der Waals surface area contributed by atoms with Crippen LogP contribution in [0.25, 0.3) is 22.6 Å². The molecule has 1 aromatic heterocycles. The number of para-hydroxylation sites is 1. The first kappa shape index (κ1) is 23.1. The number of non-ortho nitro benzene ring substituents is 1. The van der Waals surface area contributed by atoms with Crippen LogP contribution in [0.15, 0.2) is 48.5 Å². The number of hydrogen-bond donors (Lipinski definition) is 1. The minimum absolute atomic E-state index is 0.0295. The molecule has 1 amide bonds. The van der Waals surface area contributed by atoms with Crippen molar-refractivity contribution in [2.45, 2.75) is 39.2 Å². The molecule has 2 aromatic carbocycles. The molecule has 1 aliphatic carbocycles. The molecule has 0 fully saturated rings. The summed E-state index contributed by atoms with van der Waals surface area (Å²) in [5.74, 6) is -0.903. The van der Waals surface area contributed by atoms with Gasteiger partial charge >= 0.3 is 5.97 Å². The zero-order chi connectivity index (χ0) is 24.2. The number of rotatable bonds is 6. The molecular weight excluding hydrogens is 434 g/mol. The quantitative estimate of drug-likeness (QED) is 0.325. The van der Waals surface area contributed by atoms with Crippen molar-refractivity contribution < 1.29 is 19.2 Å². The number of carbonyl (C=O) groups is 2. The first-order chi connectivity index (χ1) is 16.3. The summed E-state index contributed by atoms with van der Waals surface area (Å²) in [6, 6.07) is 13.7. The monoisotopic (exact) mass is 459 g/mol. The molecule has 8 heteroatoms. The van der Waals surface area contributed by atoms with Gasteiger partial charge in [0.05, 0.1) is 21.7 Å². The van der Waals surface area contributed by atoms with E-state index in [-0.39, 0.29) is 24.2 Å². The van der Waals surface area contributed by atoms with E-state index in [4.69, 9.17) is 9.72 Å². The van der Waals surface area contributed by atoms with Gasteiger partial charge in [-0.2, -0.15) is 0 Å². The molecule has 0 saturated heterocycles. The number of nitro benzene ring substituents is 1. The number of aromatic nitrogens is 1. The molecule has 0 unspecified atom stereocenters. The molecule has 4 rings (SSSR count). The molecule has 174 valence electrons. The van der Waals surface area contributed by atoms with Gasteiger partial charge in [-0.15, -0.1) is 0 Å². The van der Waals surface area contributed by atoms with E-state index < -0.39 is 10.9 Å². The number of nitrogens with zero attached hydrogens (tertiary/aromatic N) is 2. The Labute approximate surface area is 196 Å². The van der Waals surface area contributed by atoms with Gasteiger partial charge in [-0.3, -0.25) is 14.9 Å². The zero-order valence-electron chi connectivity index (χ0n) is 19.0. The Hall–Kier alpha value is -4.07. The summed E-state index contributed by atoms with van der Waals surface area (Å²) in [4.78, 5) is 40.6. The van der Waals surface area contributed by atoms with Crippen molar-refractivity contribution in [2.75, 3.05) is 6.61 Å². The smallest absolute Gasteiger partial charge is 0.339 e. The molecule has 8 nitrogen and oxygen atoms in total. The summed E-state index contributed by atoms with van der Waals surface area (Å²) < 4.78 is 5.39. The van der Waals surface area contributed by atoms with E-state index in [1.165, 1.54) is 12.1 Å². The average Bonchev–Trinajstić information content (AvgIpc) is 2.81. The van der Waals surface area contributed by atoms with Crippen LogP contribution in [0, 0.1) is 10.1 Å². The van der Waals surface area contributed by atoms with Crippen molar-refractivity contribution in [3.8, 4) is 0 Å². The fourth-order valence-electron chi connectivity index (χ4n) is 4.17. The molecule has 1 aliphatic rings. The number of ether oxygens (including phenoxy) is 1.